The molecule has 0 aliphatic carbocycles. The van der Waals surface area contributed by atoms with Crippen molar-refractivity contribution in [1.29, 1.82) is 0 Å². The molecule has 2 fully saturated rings. The van der Waals surface area contributed by atoms with Crippen molar-refractivity contribution in [3.8, 4) is 0 Å². The van der Waals surface area contributed by atoms with Crippen LogP contribution in [0.1, 0.15) is 51.2 Å². The smallest absolute Gasteiger partial charge is 0.261 e. The molecular weight excluding hydrogens is 352 g/mol. The molecule has 1 N–H and O–H groups in total. The molecule has 2 aliphatic rings. The number of hydrogen-bond donors (Lipinski definition) is 1. The number of thiophene rings is 1. The molecule has 0 bridgehead atoms. The molecule has 4 rings (SSSR count). The summed E-state index contributed by atoms with van der Waals surface area (Å²) in [6, 6.07) is 4.51. The van der Waals surface area contributed by atoms with E-state index in [4.69, 9.17) is 0 Å². The number of thiazole rings is 1. The molecule has 0 unspecified atom stereocenters. The quantitative estimate of drug-likeness (QED) is 0.868. The maximum absolute atomic E-state index is 11.8. The number of aromatic nitrogens is 1. The molecule has 25 heavy (non-hydrogen) atoms. The molecule has 2 aromatic heterocycles. The van der Waals surface area contributed by atoms with E-state index >= 15 is 0 Å². The number of rotatable bonds is 5. The number of amides is 1. The van der Waals surface area contributed by atoms with Gasteiger partial charge in [0.2, 0.25) is 0 Å². The highest BCUT2D eigenvalue weighted by molar-refractivity contribution is 7.15. The third kappa shape index (κ3) is 3.59. The van der Waals surface area contributed by atoms with E-state index in [1.54, 1.807) is 18.4 Å². The van der Waals surface area contributed by atoms with Crippen LogP contribution in [0.4, 0.5) is 5.13 Å². The fourth-order valence-corrected chi connectivity index (χ4v) is 5.85. The molecule has 134 valence electrons. The highest BCUT2D eigenvalue weighted by Crippen LogP contribution is 2.38. The Hall–Kier alpha value is -1.44. The van der Waals surface area contributed by atoms with E-state index in [2.05, 4.69) is 32.4 Å². The van der Waals surface area contributed by atoms with Crippen LogP contribution in [0.15, 0.2) is 18.3 Å². The molecule has 0 saturated carbocycles. The van der Waals surface area contributed by atoms with E-state index in [-0.39, 0.29) is 5.91 Å². The lowest BCUT2D eigenvalue weighted by Crippen LogP contribution is -2.21. The Kier molecular flexibility index (Phi) is 5.05. The van der Waals surface area contributed by atoms with Gasteiger partial charge in [-0.15, -0.1) is 22.7 Å². The summed E-state index contributed by atoms with van der Waals surface area (Å²) < 4.78 is 0. The van der Waals surface area contributed by atoms with Gasteiger partial charge in [-0.1, -0.05) is 0 Å². The molecule has 0 spiro atoms. The number of nitrogens with zero attached hydrogens (tertiary/aromatic N) is 3. The zero-order valence-corrected chi connectivity index (χ0v) is 16.2. The number of likely N-dealkylation sites (tertiary alicyclic amines) is 1. The summed E-state index contributed by atoms with van der Waals surface area (Å²) in [5.41, 5.74) is 0. The van der Waals surface area contributed by atoms with Crippen molar-refractivity contribution in [1.82, 2.24) is 15.2 Å². The van der Waals surface area contributed by atoms with Gasteiger partial charge in [0, 0.05) is 48.7 Å². The molecule has 4 heterocycles. The van der Waals surface area contributed by atoms with Gasteiger partial charge in [-0.25, -0.2) is 4.98 Å². The lowest BCUT2D eigenvalue weighted by molar-refractivity contribution is 0.0967. The monoisotopic (exact) mass is 376 g/mol. The second-order valence-corrected chi connectivity index (χ2v) is 8.92. The van der Waals surface area contributed by atoms with Crippen molar-refractivity contribution in [2.24, 2.45) is 0 Å². The fraction of sp³-hybridized carbons (Fsp3) is 0.556. The Balaban J connectivity index is 1.44. The molecule has 0 radical (unpaired) electrons. The largest absolute Gasteiger partial charge is 0.354 e. The van der Waals surface area contributed by atoms with Crippen molar-refractivity contribution in [2.75, 3.05) is 31.6 Å². The van der Waals surface area contributed by atoms with Gasteiger partial charge < -0.3 is 10.2 Å². The molecule has 1 amide bonds. The molecule has 2 aliphatic heterocycles. The van der Waals surface area contributed by atoms with Gasteiger partial charge in [0.25, 0.3) is 5.91 Å². The number of anilines is 1. The zero-order chi connectivity index (χ0) is 17.2. The van der Waals surface area contributed by atoms with Gasteiger partial charge in [0.15, 0.2) is 5.13 Å². The second kappa shape index (κ2) is 7.43. The third-order valence-electron chi connectivity index (χ3n) is 5.05. The maximum atomic E-state index is 11.8. The van der Waals surface area contributed by atoms with E-state index in [0.29, 0.717) is 6.04 Å². The molecule has 7 heteroatoms. The second-order valence-electron chi connectivity index (χ2n) is 6.71. The van der Waals surface area contributed by atoms with Crippen LogP contribution in [0.5, 0.6) is 0 Å². The van der Waals surface area contributed by atoms with Crippen LogP contribution >= 0.6 is 22.7 Å². The summed E-state index contributed by atoms with van der Waals surface area (Å²) in [5, 5.41) is 3.89. The van der Waals surface area contributed by atoms with E-state index in [0.717, 1.165) is 31.1 Å². The van der Waals surface area contributed by atoms with Crippen molar-refractivity contribution < 1.29 is 4.79 Å². The van der Waals surface area contributed by atoms with E-state index in [1.807, 2.05) is 17.4 Å². The SMILES string of the molecule is CNC(=O)c1ccc([C@H]2CCCN2Cc2cnc(N3CCCC3)s2)s1. The molecule has 1 atom stereocenters. The van der Waals surface area contributed by atoms with E-state index < -0.39 is 0 Å². The first-order valence-electron chi connectivity index (χ1n) is 9.00. The van der Waals surface area contributed by atoms with Crippen molar-refractivity contribution in [3.05, 3.63) is 33.0 Å². The number of nitrogens with one attached hydrogen (secondary N) is 1. The van der Waals surface area contributed by atoms with Gasteiger partial charge >= 0.3 is 0 Å². The number of carbonyl (C=O) groups excluding carboxylic acids is 1. The Morgan fingerprint density at radius 3 is 2.88 bits per heavy atom. The highest BCUT2D eigenvalue weighted by Gasteiger charge is 2.28. The minimum atomic E-state index is 0.0125. The topological polar surface area (TPSA) is 48.5 Å². The van der Waals surface area contributed by atoms with Crippen LogP contribution in [0.3, 0.4) is 0 Å². The van der Waals surface area contributed by atoms with Gasteiger partial charge in [-0.05, 0) is 44.4 Å². The van der Waals surface area contributed by atoms with Crippen molar-refractivity contribution in [2.45, 2.75) is 38.3 Å². The normalized spacial score (nSPS) is 21.2. The Bertz CT molecular complexity index is 735. The lowest BCUT2D eigenvalue weighted by Gasteiger charge is -2.22. The first kappa shape index (κ1) is 17.0. The average molecular weight is 377 g/mol. The van der Waals surface area contributed by atoms with Gasteiger partial charge in [-0.2, -0.15) is 0 Å². The van der Waals surface area contributed by atoms with Gasteiger partial charge in [0.05, 0.1) is 4.88 Å². The predicted octanol–water partition coefficient (Wildman–Crippen LogP) is 3.50. The van der Waals surface area contributed by atoms with E-state index in [9.17, 15) is 4.79 Å². The van der Waals surface area contributed by atoms with Crippen LogP contribution in [-0.2, 0) is 6.54 Å². The summed E-state index contributed by atoms with van der Waals surface area (Å²) >= 11 is 3.47. The Morgan fingerprint density at radius 2 is 2.08 bits per heavy atom. The third-order valence-corrected chi connectivity index (χ3v) is 7.27. The van der Waals surface area contributed by atoms with Crippen LogP contribution in [0.2, 0.25) is 0 Å². The van der Waals surface area contributed by atoms with Gasteiger partial charge in [0.1, 0.15) is 0 Å². The molecule has 2 saturated heterocycles. The first-order chi connectivity index (χ1) is 12.2. The number of hydrogen-bond acceptors (Lipinski definition) is 6. The van der Waals surface area contributed by atoms with Gasteiger partial charge in [-0.3, -0.25) is 9.69 Å². The Labute approximate surface area is 156 Å². The zero-order valence-electron chi connectivity index (χ0n) is 14.5. The lowest BCUT2D eigenvalue weighted by atomic mass is 10.2. The average Bonchev–Trinajstić information content (AvgIpc) is 3.38. The van der Waals surface area contributed by atoms with Crippen LogP contribution in [0.25, 0.3) is 0 Å². The van der Waals surface area contributed by atoms with Crippen LogP contribution in [0, 0.1) is 0 Å². The molecule has 0 aromatic carbocycles. The minimum Gasteiger partial charge on any atom is -0.354 e. The molecular formula is C18H24N4OS2. The fourth-order valence-electron chi connectivity index (χ4n) is 3.74. The number of carbonyl (C=O) groups is 1. The summed E-state index contributed by atoms with van der Waals surface area (Å²) in [4.78, 5) is 24.9. The minimum absolute atomic E-state index is 0.0125. The molecule has 5 nitrogen and oxygen atoms in total. The molecule has 2 aromatic rings. The van der Waals surface area contributed by atoms with Crippen molar-refractivity contribution >= 4 is 33.7 Å². The standard InChI is InChI=1S/C18H24N4OS2/c1-19-17(23)16-7-6-15(25-16)14-5-4-10-22(14)12-13-11-20-18(24-13)21-8-2-3-9-21/h6-7,11,14H,2-5,8-10,12H2,1H3,(H,19,23)/t14-/m1/s1. The van der Waals surface area contributed by atoms with Crippen molar-refractivity contribution in [3.63, 3.8) is 0 Å². The Morgan fingerprint density at radius 1 is 1.24 bits per heavy atom. The summed E-state index contributed by atoms with van der Waals surface area (Å²) in [6.45, 7) is 4.38. The highest BCUT2D eigenvalue weighted by atomic mass is 32.1. The van der Waals surface area contributed by atoms with Crippen LogP contribution < -0.4 is 10.2 Å². The maximum Gasteiger partial charge on any atom is 0.261 e. The summed E-state index contributed by atoms with van der Waals surface area (Å²) in [5.74, 6) is 0.0125. The van der Waals surface area contributed by atoms with Crippen LogP contribution in [-0.4, -0.2) is 42.5 Å². The summed E-state index contributed by atoms with van der Waals surface area (Å²) in [6.07, 6.45) is 7.02. The van der Waals surface area contributed by atoms with E-state index in [1.165, 1.54) is 40.6 Å². The summed E-state index contributed by atoms with van der Waals surface area (Å²) in [7, 11) is 1.69. The predicted molar refractivity (Wildman–Crippen MR) is 104 cm³/mol. The first-order valence-corrected chi connectivity index (χ1v) is 10.6.